The van der Waals surface area contributed by atoms with E-state index in [9.17, 15) is 10.1 Å². The van der Waals surface area contributed by atoms with Gasteiger partial charge in [0.1, 0.15) is 5.75 Å². The minimum atomic E-state index is -0.366. The zero-order valence-corrected chi connectivity index (χ0v) is 14.3. The fourth-order valence-corrected chi connectivity index (χ4v) is 2.56. The SMILES string of the molecule is COc1ccc(CCCN(C)CCc2ccc([N+](=O)[O-])cc2)cc1. The Balaban J connectivity index is 1.69. The molecule has 2 aromatic carbocycles. The lowest BCUT2D eigenvalue weighted by molar-refractivity contribution is -0.384. The van der Waals surface area contributed by atoms with Crippen LogP contribution >= 0.6 is 0 Å². The molecule has 0 aliphatic carbocycles. The monoisotopic (exact) mass is 328 g/mol. The maximum absolute atomic E-state index is 10.6. The van der Waals surface area contributed by atoms with Gasteiger partial charge in [-0.2, -0.15) is 0 Å². The van der Waals surface area contributed by atoms with Gasteiger partial charge in [0, 0.05) is 18.7 Å². The maximum atomic E-state index is 10.6. The molecule has 0 atom stereocenters. The number of non-ortho nitro benzene ring substituents is 1. The summed E-state index contributed by atoms with van der Waals surface area (Å²) in [5, 5.41) is 10.6. The molecule has 0 bridgehead atoms. The van der Waals surface area contributed by atoms with Crippen LogP contribution in [0, 0.1) is 10.1 Å². The molecular weight excluding hydrogens is 304 g/mol. The van der Waals surface area contributed by atoms with Crippen molar-refractivity contribution >= 4 is 5.69 Å². The molecule has 0 aliphatic rings. The van der Waals surface area contributed by atoms with Gasteiger partial charge in [-0.3, -0.25) is 10.1 Å². The number of methoxy groups -OCH3 is 1. The van der Waals surface area contributed by atoms with Gasteiger partial charge in [0.2, 0.25) is 0 Å². The molecule has 0 aromatic heterocycles. The van der Waals surface area contributed by atoms with E-state index in [1.807, 2.05) is 24.3 Å². The number of hydrogen-bond donors (Lipinski definition) is 0. The lowest BCUT2D eigenvalue weighted by atomic mass is 10.1. The predicted octanol–water partition coefficient (Wildman–Crippen LogP) is 3.71. The van der Waals surface area contributed by atoms with Crippen molar-refractivity contribution < 1.29 is 9.66 Å². The third kappa shape index (κ3) is 5.66. The van der Waals surface area contributed by atoms with Gasteiger partial charge in [0.25, 0.3) is 5.69 Å². The van der Waals surface area contributed by atoms with Crippen LogP contribution in [0.15, 0.2) is 48.5 Å². The van der Waals surface area contributed by atoms with E-state index in [1.54, 1.807) is 19.2 Å². The molecule has 24 heavy (non-hydrogen) atoms. The Morgan fingerprint density at radius 2 is 1.54 bits per heavy atom. The molecule has 128 valence electrons. The van der Waals surface area contributed by atoms with Gasteiger partial charge in [-0.1, -0.05) is 24.3 Å². The molecule has 2 rings (SSSR count). The topological polar surface area (TPSA) is 55.6 Å². The van der Waals surface area contributed by atoms with Gasteiger partial charge < -0.3 is 9.64 Å². The first-order valence-electron chi connectivity index (χ1n) is 8.13. The molecule has 5 heteroatoms. The van der Waals surface area contributed by atoms with Gasteiger partial charge in [-0.05, 0) is 56.1 Å². The van der Waals surface area contributed by atoms with Gasteiger partial charge >= 0.3 is 0 Å². The number of nitro groups is 1. The fraction of sp³-hybridized carbons (Fsp3) is 0.368. The van der Waals surface area contributed by atoms with Crippen LogP contribution in [0.1, 0.15) is 17.5 Å². The molecule has 0 saturated heterocycles. The zero-order chi connectivity index (χ0) is 17.4. The van der Waals surface area contributed by atoms with E-state index in [2.05, 4.69) is 24.1 Å². The summed E-state index contributed by atoms with van der Waals surface area (Å²) in [5.74, 6) is 0.888. The Bertz CT molecular complexity index is 639. The highest BCUT2D eigenvalue weighted by Gasteiger charge is 2.05. The number of likely N-dealkylation sites (N-methyl/N-ethyl adjacent to an activating group) is 1. The summed E-state index contributed by atoms with van der Waals surface area (Å²) in [6.45, 7) is 1.97. The van der Waals surface area contributed by atoms with Crippen molar-refractivity contribution in [2.24, 2.45) is 0 Å². The highest BCUT2D eigenvalue weighted by atomic mass is 16.6. The maximum Gasteiger partial charge on any atom is 0.269 e. The van der Waals surface area contributed by atoms with Crippen molar-refractivity contribution in [2.45, 2.75) is 19.3 Å². The summed E-state index contributed by atoms with van der Waals surface area (Å²) in [4.78, 5) is 12.6. The van der Waals surface area contributed by atoms with Crippen molar-refractivity contribution in [3.05, 3.63) is 69.8 Å². The van der Waals surface area contributed by atoms with E-state index in [4.69, 9.17) is 4.74 Å². The molecule has 0 amide bonds. The number of rotatable bonds is 9. The largest absolute Gasteiger partial charge is 0.497 e. The molecule has 0 saturated carbocycles. The van der Waals surface area contributed by atoms with Gasteiger partial charge in [-0.15, -0.1) is 0 Å². The van der Waals surface area contributed by atoms with Crippen LogP contribution < -0.4 is 4.74 Å². The molecule has 0 unspecified atom stereocenters. The van der Waals surface area contributed by atoms with Gasteiger partial charge in [0.05, 0.1) is 12.0 Å². The minimum absolute atomic E-state index is 0.145. The molecule has 2 aromatic rings. The normalized spacial score (nSPS) is 10.8. The molecular formula is C19H24N2O3. The third-order valence-corrected chi connectivity index (χ3v) is 4.09. The highest BCUT2D eigenvalue weighted by Crippen LogP contribution is 2.14. The molecule has 0 spiro atoms. The Hall–Kier alpha value is -2.40. The second-order valence-corrected chi connectivity index (χ2v) is 5.93. The van der Waals surface area contributed by atoms with Gasteiger partial charge in [0.15, 0.2) is 0 Å². The van der Waals surface area contributed by atoms with E-state index < -0.39 is 0 Å². The molecule has 5 nitrogen and oxygen atoms in total. The quantitative estimate of drug-likeness (QED) is 0.520. The Morgan fingerprint density at radius 3 is 2.12 bits per heavy atom. The van der Waals surface area contributed by atoms with Crippen molar-refractivity contribution in [1.82, 2.24) is 4.90 Å². The van der Waals surface area contributed by atoms with Crippen LogP contribution in [0.3, 0.4) is 0 Å². The first kappa shape index (κ1) is 17.9. The summed E-state index contributed by atoms with van der Waals surface area (Å²) in [7, 11) is 3.79. The third-order valence-electron chi connectivity index (χ3n) is 4.09. The molecule has 0 fully saturated rings. The van der Waals surface area contributed by atoms with Crippen LogP contribution in [0.5, 0.6) is 5.75 Å². The summed E-state index contributed by atoms with van der Waals surface area (Å²) in [6, 6.07) is 15.0. The smallest absolute Gasteiger partial charge is 0.269 e. The first-order valence-corrected chi connectivity index (χ1v) is 8.13. The van der Waals surface area contributed by atoms with Crippen molar-refractivity contribution in [2.75, 3.05) is 27.2 Å². The number of ether oxygens (including phenoxy) is 1. The predicted molar refractivity (Wildman–Crippen MR) is 95.6 cm³/mol. The Kier molecular flexibility index (Phi) is 6.75. The average Bonchev–Trinajstić information content (AvgIpc) is 2.61. The number of nitro benzene ring substituents is 1. The first-order chi connectivity index (χ1) is 11.6. The van der Waals surface area contributed by atoms with E-state index in [0.717, 1.165) is 43.7 Å². The zero-order valence-electron chi connectivity index (χ0n) is 14.3. The standard InChI is InChI=1S/C19H24N2O3/c1-20(14-3-4-16-7-11-19(24-2)12-8-16)15-13-17-5-9-18(10-6-17)21(22)23/h5-12H,3-4,13-15H2,1-2H3. The van der Waals surface area contributed by atoms with E-state index in [-0.39, 0.29) is 10.6 Å². The Labute approximate surface area is 143 Å². The van der Waals surface area contributed by atoms with E-state index in [0.29, 0.717) is 0 Å². The summed E-state index contributed by atoms with van der Waals surface area (Å²) in [5.41, 5.74) is 2.59. The van der Waals surface area contributed by atoms with Crippen LogP contribution in [-0.4, -0.2) is 37.1 Å². The van der Waals surface area contributed by atoms with Crippen LogP contribution in [-0.2, 0) is 12.8 Å². The minimum Gasteiger partial charge on any atom is -0.497 e. The van der Waals surface area contributed by atoms with E-state index >= 15 is 0 Å². The summed E-state index contributed by atoms with van der Waals surface area (Å²) >= 11 is 0. The van der Waals surface area contributed by atoms with Crippen LogP contribution in [0.25, 0.3) is 0 Å². The van der Waals surface area contributed by atoms with Gasteiger partial charge in [-0.25, -0.2) is 0 Å². The molecule has 0 aliphatic heterocycles. The second kappa shape index (κ2) is 9.03. The van der Waals surface area contributed by atoms with Crippen molar-refractivity contribution in [3.63, 3.8) is 0 Å². The number of aryl methyl sites for hydroxylation is 1. The highest BCUT2D eigenvalue weighted by molar-refractivity contribution is 5.33. The molecule has 0 heterocycles. The summed E-state index contributed by atoms with van der Waals surface area (Å²) < 4.78 is 5.16. The Morgan fingerprint density at radius 1 is 0.958 bits per heavy atom. The number of hydrogen-bond acceptors (Lipinski definition) is 4. The van der Waals surface area contributed by atoms with Crippen molar-refractivity contribution in [1.29, 1.82) is 0 Å². The lowest BCUT2D eigenvalue weighted by Gasteiger charge is -2.16. The van der Waals surface area contributed by atoms with E-state index in [1.165, 1.54) is 5.56 Å². The van der Waals surface area contributed by atoms with Crippen LogP contribution in [0.4, 0.5) is 5.69 Å². The second-order valence-electron chi connectivity index (χ2n) is 5.93. The fourth-order valence-electron chi connectivity index (χ4n) is 2.56. The number of benzene rings is 2. The summed E-state index contributed by atoms with van der Waals surface area (Å²) in [6.07, 6.45) is 3.05. The average molecular weight is 328 g/mol. The number of nitrogens with zero attached hydrogens (tertiary/aromatic N) is 2. The lowest BCUT2D eigenvalue weighted by Crippen LogP contribution is -2.22. The molecule has 0 N–H and O–H groups in total. The molecule has 0 radical (unpaired) electrons. The van der Waals surface area contributed by atoms with Crippen LogP contribution in [0.2, 0.25) is 0 Å². The van der Waals surface area contributed by atoms with Crippen molar-refractivity contribution in [3.8, 4) is 5.75 Å².